The third-order valence-electron chi connectivity index (χ3n) is 3.98. The number of aromatic nitrogens is 3. The number of pyridine rings is 1. The summed E-state index contributed by atoms with van der Waals surface area (Å²) in [6, 6.07) is 1.95. The van der Waals surface area contributed by atoms with Gasteiger partial charge in [-0.2, -0.15) is 0 Å². The Bertz CT molecular complexity index is 1090. The van der Waals surface area contributed by atoms with E-state index in [0.717, 1.165) is 27.9 Å². The molecule has 0 bridgehead atoms. The van der Waals surface area contributed by atoms with Crippen LogP contribution in [0.25, 0.3) is 20.4 Å². The first-order chi connectivity index (χ1) is 12.9. The molecule has 1 N–H and O–H groups in total. The van der Waals surface area contributed by atoms with Gasteiger partial charge in [0.1, 0.15) is 16.1 Å². The van der Waals surface area contributed by atoms with E-state index in [4.69, 9.17) is 4.74 Å². The summed E-state index contributed by atoms with van der Waals surface area (Å²) in [5.41, 5.74) is 2.14. The molecule has 3 aromatic rings. The van der Waals surface area contributed by atoms with Crippen LogP contribution in [-0.2, 0) is 20.9 Å². The Hall–Kier alpha value is -2.81. The molecule has 0 saturated carbocycles. The number of thiophene rings is 1. The fourth-order valence-electron chi connectivity index (χ4n) is 2.76. The zero-order valence-electron chi connectivity index (χ0n) is 15.4. The summed E-state index contributed by atoms with van der Waals surface area (Å²) in [5, 5.41) is 3.47. The molecule has 3 heterocycles. The molecule has 0 radical (unpaired) electrons. The third kappa shape index (κ3) is 3.97. The summed E-state index contributed by atoms with van der Waals surface area (Å²) >= 11 is 1.26. The Balaban J connectivity index is 1.82. The number of nitrogens with one attached hydrogen (secondary N) is 1. The van der Waals surface area contributed by atoms with Crippen LogP contribution in [0.2, 0.25) is 0 Å². The smallest absolute Gasteiger partial charge is 0.326 e. The Labute approximate surface area is 159 Å². The van der Waals surface area contributed by atoms with E-state index in [0.29, 0.717) is 16.8 Å². The van der Waals surface area contributed by atoms with Gasteiger partial charge in [0, 0.05) is 17.6 Å². The highest BCUT2D eigenvalue weighted by atomic mass is 32.1. The fourth-order valence-corrected chi connectivity index (χ4v) is 3.96. The second-order valence-electron chi connectivity index (χ2n) is 6.23. The Morgan fingerprint density at radius 3 is 2.85 bits per heavy atom. The van der Waals surface area contributed by atoms with E-state index in [1.165, 1.54) is 22.2 Å². The number of nitrogens with zero attached hydrogens (tertiary/aromatic N) is 3. The lowest BCUT2D eigenvalue weighted by Crippen LogP contribution is -2.31. The van der Waals surface area contributed by atoms with Crippen LogP contribution in [-0.4, -0.2) is 39.6 Å². The summed E-state index contributed by atoms with van der Waals surface area (Å²) in [5.74, 6) is -1.04. The van der Waals surface area contributed by atoms with Crippen molar-refractivity contribution in [2.45, 2.75) is 33.7 Å². The molecule has 8 nitrogen and oxygen atoms in total. The summed E-state index contributed by atoms with van der Waals surface area (Å²) in [6.45, 7) is 5.63. The van der Waals surface area contributed by atoms with E-state index in [-0.39, 0.29) is 24.6 Å². The largest absolute Gasteiger partial charge is 0.454 e. The average molecular weight is 388 g/mol. The number of carbonyl (C=O) groups excluding carboxylic acids is 2. The maximum Gasteiger partial charge on any atom is 0.326 e. The normalized spacial score (nSPS) is 11.1. The van der Waals surface area contributed by atoms with Gasteiger partial charge in [0.15, 0.2) is 6.61 Å². The van der Waals surface area contributed by atoms with Crippen molar-refractivity contribution in [2.75, 3.05) is 13.2 Å². The molecule has 142 valence electrons. The minimum Gasteiger partial charge on any atom is -0.454 e. The molecular weight excluding hydrogens is 368 g/mol. The van der Waals surface area contributed by atoms with E-state index < -0.39 is 5.97 Å². The van der Waals surface area contributed by atoms with Gasteiger partial charge in [0.2, 0.25) is 0 Å². The van der Waals surface area contributed by atoms with Gasteiger partial charge in [0.05, 0.1) is 11.8 Å². The molecule has 0 aliphatic carbocycles. The molecule has 0 aliphatic rings. The molecule has 0 fully saturated rings. The van der Waals surface area contributed by atoms with Crippen LogP contribution in [0, 0.1) is 13.8 Å². The van der Waals surface area contributed by atoms with Crippen molar-refractivity contribution in [3.05, 3.63) is 34.0 Å². The van der Waals surface area contributed by atoms with Crippen LogP contribution >= 0.6 is 11.3 Å². The number of hydrogen-bond donors (Lipinski definition) is 1. The van der Waals surface area contributed by atoms with Crippen molar-refractivity contribution in [3.63, 3.8) is 0 Å². The van der Waals surface area contributed by atoms with Crippen molar-refractivity contribution in [1.82, 2.24) is 19.9 Å². The maximum atomic E-state index is 12.7. The number of ether oxygens (including phenoxy) is 1. The second-order valence-corrected chi connectivity index (χ2v) is 7.23. The minimum absolute atomic E-state index is 0.303. The molecule has 3 aromatic heterocycles. The van der Waals surface area contributed by atoms with Crippen LogP contribution in [0.5, 0.6) is 0 Å². The molecule has 0 aromatic carbocycles. The number of carbonyl (C=O) groups is 2. The third-order valence-corrected chi connectivity index (χ3v) is 5.04. The van der Waals surface area contributed by atoms with Gasteiger partial charge in [-0.3, -0.25) is 19.0 Å². The molecule has 0 spiro atoms. The molecule has 0 saturated heterocycles. The van der Waals surface area contributed by atoms with Gasteiger partial charge in [-0.25, -0.2) is 9.97 Å². The molecule has 27 heavy (non-hydrogen) atoms. The van der Waals surface area contributed by atoms with Crippen LogP contribution < -0.4 is 10.9 Å². The zero-order valence-corrected chi connectivity index (χ0v) is 16.2. The predicted octanol–water partition coefficient (Wildman–Crippen LogP) is 1.69. The lowest BCUT2D eigenvalue weighted by molar-refractivity contribution is -0.149. The highest BCUT2D eigenvalue weighted by Crippen LogP contribution is 2.31. The highest BCUT2D eigenvalue weighted by Gasteiger charge is 2.16. The number of rotatable bonds is 6. The van der Waals surface area contributed by atoms with Gasteiger partial charge in [0.25, 0.3) is 11.5 Å². The average Bonchev–Trinajstić information content (AvgIpc) is 3.00. The summed E-state index contributed by atoms with van der Waals surface area (Å²) in [7, 11) is 0. The fraction of sp³-hybridized carbons (Fsp3) is 0.389. The summed E-state index contributed by atoms with van der Waals surface area (Å²) in [4.78, 5) is 45.7. The predicted molar refractivity (Wildman–Crippen MR) is 103 cm³/mol. The quantitative estimate of drug-likeness (QED) is 0.645. The second kappa shape index (κ2) is 7.83. The van der Waals surface area contributed by atoms with E-state index in [9.17, 15) is 14.4 Å². The molecule has 0 unspecified atom stereocenters. The number of aryl methyl sites for hydroxylation is 2. The summed E-state index contributed by atoms with van der Waals surface area (Å²) in [6.07, 6.45) is 2.12. The first-order valence-electron chi connectivity index (χ1n) is 8.59. The zero-order chi connectivity index (χ0) is 19.6. The van der Waals surface area contributed by atoms with E-state index in [1.54, 1.807) is 0 Å². The van der Waals surface area contributed by atoms with Crippen molar-refractivity contribution in [1.29, 1.82) is 0 Å². The first-order valence-corrected chi connectivity index (χ1v) is 9.40. The van der Waals surface area contributed by atoms with Gasteiger partial charge in [-0.1, -0.05) is 6.92 Å². The monoisotopic (exact) mass is 388 g/mol. The van der Waals surface area contributed by atoms with Crippen molar-refractivity contribution >= 4 is 43.6 Å². The van der Waals surface area contributed by atoms with Crippen molar-refractivity contribution < 1.29 is 14.3 Å². The van der Waals surface area contributed by atoms with E-state index >= 15 is 0 Å². The summed E-state index contributed by atoms with van der Waals surface area (Å²) < 4.78 is 6.55. The van der Waals surface area contributed by atoms with Crippen LogP contribution in [0.4, 0.5) is 0 Å². The van der Waals surface area contributed by atoms with Crippen molar-refractivity contribution in [3.8, 4) is 0 Å². The van der Waals surface area contributed by atoms with Gasteiger partial charge in [-0.15, -0.1) is 11.3 Å². The molecule has 1 amide bonds. The number of hydrogen-bond acceptors (Lipinski definition) is 7. The highest BCUT2D eigenvalue weighted by molar-refractivity contribution is 7.25. The van der Waals surface area contributed by atoms with Crippen molar-refractivity contribution in [2.24, 2.45) is 0 Å². The lowest BCUT2D eigenvalue weighted by Gasteiger charge is -2.07. The van der Waals surface area contributed by atoms with Crippen LogP contribution in [0.1, 0.15) is 24.6 Å². The topological polar surface area (TPSA) is 103 Å². The minimum atomic E-state index is -0.670. The molecule has 0 atom stereocenters. The lowest BCUT2D eigenvalue weighted by atomic mass is 10.1. The molecule has 9 heteroatoms. The Morgan fingerprint density at radius 2 is 2.11 bits per heavy atom. The molecule has 3 rings (SSSR count). The van der Waals surface area contributed by atoms with Gasteiger partial charge >= 0.3 is 5.97 Å². The van der Waals surface area contributed by atoms with Crippen LogP contribution in [0.15, 0.2) is 17.2 Å². The van der Waals surface area contributed by atoms with Gasteiger partial charge < -0.3 is 10.1 Å². The number of fused-ring (bicyclic) bond motifs is 3. The number of amides is 1. The number of esters is 1. The maximum absolute atomic E-state index is 12.7. The standard InChI is InChI=1S/C18H20N4O4S/c1-4-5-19-12(23)8-26-13(24)7-22-9-20-15-14-10(2)6-11(3)21-17(14)27-16(15)18(22)25/h6,9H,4-5,7-8H2,1-3H3,(H,19,23). The molecular formula is C18H20N4O4S. The first kappa shape index (κ1) is 19.0. The van der Waals surface area contributed by atoms with E-state index in [1.807, 2.05) is 26.8 Å². The van der Waals surface area contributed by atoms with Gasteiger partial charge in [-0.05, 0) is 31.9 Å². The van der Waals surface area contributed by atoms with E-state index in [2.05, 4.69) is 15.3 Å². The Morgan fingerprint density at radius 1 is 1.33 bits per heavy atom. The Kier molecular flexibility index (Phi) is 5.50. The molecule has 0 aliphatic heterocycles. The van der Waals surface area contributed by atoms with Crippen LogP contribution in [0.3, 0.4) is 0 Å². The SMILES string of the molecule is CCCNC(=O)COC(=O)Cn1cnc2c(sc3nc(C)cc(C)c32)c1=O.